The first-order chi connectivity index (χ1) is 13.8. The van der Waals surface area contributed by atoms with Crippen LogP contribution in [0.25, 0.3) is 0 Å². The van der Waals surface area contributed by atoms with Crippen LogP contribution in [0.2, 0.25) is 10.0 Å². The number of carbonyl (C=O) groups is 2. The van der Waals surface area contributed by atoms with Crippen molar-refractivity contribution in [3.05, 3.63) is 57.7 Å². The lowest BCUT2D eigenvalue weighted by Gasteiger charge is -2.45. The van der Waals surface area contributed by atoms with Gasteiger partial charge in [-0.05, 0) is 23.8 Å². The predicted molar refractivity (Wildman–Crippen MR) is 102 cm³/mol. The molecule has 2 fully saturated rings. The molecule has 0 unspecified atom stereocenters. The zero-order chi connectivity index (χ0) is 20.7. The molecule has 1 aromatic heterocycles. The number of carbonyl (C=O) groups excluding carboxylic acids is 2. The van der Waals surface area contributed by atoms with Crippen molar-refractivity contribution in [2.45, 2.75) is 12.6 Å². The largest absolute Gasteiger partial charge is 0.380 e. The van der Waals surface area contributed by atoms with E-state index in [-0.39, 0.29) is 34.9 Å². The van der Waals surface area contributed by atoms with E-state index < -0.39 is 29.5 Å². The summed E-state index contributed by atoms with van der Waals surface area (Å²) >= 11 is 11.6. The van der Waals surface area contributed by atoms with Crippen LogP contribution in [0.5, 0.6) is 0 Å². The molecule has 2 amide bonds. The van der Waals surface area contributed by atoms with E-state index in [1.54, 1.807) is 0 Å². The van der Waals surface area contributed by atoms with E-state index in [0.717, 1.165) is 11.0 Å². The molecule has 0 aliphatic carbocycles. The highest BCUT2D eigenvalue weighted by atomic mass is 35.5. The van der Waals surface area contributed by atoms with Gasteiger partial charge in [-0.15, -0.1) is 0 Å². The summed E-state index contributed by atoms with van der Waals surface area (Å²) in [5.41, 5.74) is 0.576. The molecular formula is C19H15Cl2F2N3O3. The molecule has 2 aliphatic heterocycles. The van der Waals surface area contributed by atoms with Gasteiger partial charge in [-0.2, -0.15) is 0 Å². The molecule has 0 saturated carbocycles. The number of rotatable bonds is 4. The summed E-state index contributed by atoms with van der Waals surface area (Å²) in [7, 11) is 0. The second kappa shape index (κ2) is 7.85. The van der Waals surface area contributed by atoms with Gasteiger partial charge >= 0.3 is 0 Å². The molecule has 29 heavy (non-hydrogen) atoms. The quantitative estimate of drug-likeness (QED) is 0.731. The van der Waals surface area contributed by atoms with Crippen LogP contribution in [-0.2, 0) is 20.9 Å². The fraction of sp³-hybridized carbons (Fsp3) is 0.316. The van der Waals surface area contributed by atoms with E-state index in [9.17, 15) is 18.4 Å². The number of hydrogen-bond donors (Lipinski definition) is 0. The summed E-state index contributed by atoms with van der Waals surface area (Å²) in [6.45, 7) is 0.295. The highest BCUT2D eigenvalue weighted by molar-refractivity contribution is 6.31. The van der Waals surface area contributed by atoms with Crippen molar-refractivity contribution in [3.8, 4) is 0 Å². The van der Waals surface area contributed by atoms with Gasteiger partial charge < -0.3 is 9.64 Å². The molecule has 4 rings (SSSR count). The Bertz CT molecular complexity index is 987. The van der Waals surface area contributed by atoms with Crippen LogP contribution in [0.4, 0.5) is 14.6 Å². The first-order valence-electron chi connectivity index (χ1n) is 8.78. The predicted octanol–water partition coefficient (Wildman–Crippen LogP) is 3.06. The third-order valence-electron chi connectivity index (χ3n) is 4.96. The maximum atomic E-state index is 14.3. The number of nitrogens with zero attached hydrogens (tertiary/aromatic N) is 3. The standard InChI is InChI=1S/C19H15Cl2F2N3O3/c20-12-4-15(23)18(24-5-12)26-7-16(27)25(17(19(26)28)11-8-29-9-11)6-10-1-2-14(22)13(21)3-10/h1-5,11,17H,6-9H2/t17-/m1/s1. The van der Waals surface area contributed by atoms with Crippen LogP contribution in [0.3, 0.4) is 0 Å². The van der Waals surface area contributed by atoms with Crippen LogP contribution in [0.1, 0.15) is 5.56 Å². The van der Waals surface area contributed by atoms with Gasteiger partial charge in [-0.3, -0.25) is 14.5 Å². The Kier molecular flexibility index (Phi) is 5.42. The molecule has 2 aromatic rings. The molecule has 6 nitrogen and oxygen atoms in total. The minimum absolute atomic E-state index is 0.0656. The van der Waals surface area contributed by atoms with Crippen LogP contribution in [-0.4, -0.2) is 47.5 Å². The minimum Gasteiger partial charge on any atom is -0.380 e. The maximum Gasteiger partial charge on any atom is 0.251 e. The van der Waals surface area contributed by atoms with E-state index in [4.69, 9.17) is 27.9 Å². The molecular weight excluding hydrogens is 427 g/mol. The molecule has 152 valence electrons. The molecule has 1 aromatic carbocycles. The van der Waals surface area contributed by atoms with Crippen LogP contribution in [0, 0.1) is 17.6 Å². The van der Waals surface area contributed by atoms with E-state index in [1.165, 1.54) is 29.3 Å². The van der Waals surface area contributed by atoms with Crippen LogP contribution >= 0.6 is 23.2 Å². The maximum absolute atomic E-state index is 14.3. The highest BCUT2D eigenvalue weighted by Gasteiger charge is 2.47. The van der Waals surface area contributed by atoms with Gasteiger partial charge in [0.2, 0.25) is 5.91 Å². The molecule has 3 heterocycles. The Hall–Kier alpha value is -2.29. The van der Waals surface area contributed by atoms with Crippen LogP contribution < -0.4 is 4.90 Å². The van der Waals surface area contributed by atoms with E-state index in [0.29, 0.717) is 18.8 Å². The molecule has 0 radical (unpaired) electrons. The van der Waals surface area contributed by atoms with Crippen molar-refractivity contribution in [3.63, 3.8) is 0 Å². The molecule has 2 aliphatic rings. The van der Waals surface area contributed by atoms with Crippen molar-refractivity contribution in [2.75, 3.05) is 24.7 Å². The smallest absolute Gasteiger partial charge is 0.251 e. The van der Waals surface area contributed by atoms with Gasteiger partial charge in [0, 0.05) is 18.7 Å². The zero-order valence-electron chi connectivity index (χ0n) is 14.9. The number of anilines is 1. The fourth-order valence-electron chi connectivity index (χ4n) is 3.45. The van der Waals surface area contributed by atoms with Crippen molar-refractivity contribution >= 4 is 40.8 Å². The fourth-order valence-corrected chi connectivity index (χ4v) is 3.80. The van der Waals surface area contributed by atoms with Crippen LogP contribution in [0.15, 0.2) is 30.5 Å². The molecule has 2 saturated heterocycles. The summed E-state index contributed by atoms with van der Waals surface area (Å²) < 4.78 is 33.0. The SMILES string of the molecule is O=C1[C@@H](C2COC2)N(Cc2ccc(F)c(Cl)c2)C(=O)CN1c1ncc(Cl)cc1F. The van der Waals surface area contributed by atoms with Gasteiger partial charge in [-0.1, -0.05) is 29.3 Å². The monoisotopic (exact) mass is 441 g/mol. The van der Waals surface area contributed by atoms with Gasteiger partial charge in [0.25, 0.3) is 5.91 Å². The lowest BCUT2D eigenvalue weighted by atomic mass is 9.92. The third-order valence-corrected chi connectivity index (χ3v) is 5.46. The summed E-state index contributed by atoms with van der Waals surface area (Å²) in [5.74, 6) is -2.70. The first-order valence-corrected chi connectivity index (χ1v) is 9.54. The number of halogens is 4. The van der Waals surface area contributed by atoms with Crippen molar-refractivity contribution in [2.24, 2.45) is 5.92 Å². The molecule has 0 bridgehead atoms. The lowest BCUT2D eigenvalue weighted by molar-refractivity contribution is -0.155. The Balaban J connectivity index is 1.66. The average molecular weight is 442 g/mol. The summed E-state index contributed by atoms with van der Waals surface area (Å²) in [6, 6.07) is 4.30. The molecule has 10 heteroatoms. The number of ether oxygens (including phenoxy) is 1. The zero-order valence-corrected chi connectivity index (χ0v) is 16.5. The third kappa shape index (κ3) is 3.80. The first kappa shape index (κ1) is 20.0. The number of amides is 2. The lowest BCUT2D eigenvalue weighted by Crippen LogP contribution is -2.65. The summed E-state index contributed by atoms with van der Waals surface area (Å²) in [5, 5.41) is 0.0108. The topological polar surface area (TPSA) is 62.7 Å². The Labute approximate surface area is 175 Å². The second-order valence-electron chi connectivity index (χ2n) is 6.90. The summed E-state index contributed by atoms with van der Waals surface area (Å²) in [4.78, 5) is 32.5. The minimum atomic E-state index is -0.856. The number of benzene rings is 1. The van der Waals surface area contributed by atoms with E-state index >= 15 is 0 Å². The van der Waals surface area contributed by atoms with Gasteiger partial charge in [0.15, 0.2) is 11.6 Å². The van der Waals surface area contributed by atoms with Crippen molar-refractivity contribution in [1.82, 2.24) is 9.88 Å². The van der Waals surface area contributed by atoms with E-state index in [1.807, 2.05) is 0 Å². The number of aromatic nitrogens is 1. The van der Waals surface area contributed by atoms with E-state index in [2.05, 4.69) is 4.98 Å². The second-order valence-corrected chi connectivity index (χ2v) is 7.74. The number of piperazine rings is 1. The molecule has 1 atom stereocenters. The number of hydrogen-bond acceptors (Lipinski definition) is 4. The number of pyridine rings is 1. The van der Waals surface area contributed by atoms with Gasteiger partial charge in [0.05, 0.1) is 23.3 Å². The summed E-state index contributed by atoms with van der Waals surface area (Å²) in [6.07, 6.45) is 1.21. The Morgan fingerprint density at radius 3 is 2.52 bits per heavy atom. The average Bonchev–Trinajstić information content (AvgIpc) is 2.62. The Morgan fingerprint density at radius 2 is 1.90 bits per heavy atom. The van der Waals surface area contributed by atoms with Gasteiger partial charge in [-0.25, -0.2) is 13.8 Å². The molecule has 0 N–H and O–H groups in total. The molecule has 0 spiro atoms. The van der Waals surface area contributed by atoms with Crippen molar-refractivity contribution < 1.29 is 23.1 Å². The normalized spacial score (nSPS) is 20.2. The van der Waals surface area contributed by atoms with Gasteiger partial charge in [0.1, 0.15) is 18.4 Å². The van der Waals surface area contributed by atoms with Crippen molar-refractivity contribution in [1.29, 1.82) is 0 Å². The highest BCUT2D eigenvalue weighted by Crippen LogP contribution is 2.31. The Morgan fingerprint density at radius 1 is 1.14 bits per heavy atom.